The number of aryl methyl sites for hydroxylation is 1. The number of amides is 1. The van der Waals surface area contributed by atoms with E-state index < -0.39 is 5.92 Å². The lowest BCUT2D eigenvalue weighted by atomic mass is 9.95. The predicted octanol–water partition coefficient (Wildman–Crippen LogP) is 2.86. The summed E-state index contributed by atoms with van der Waals surface area (Å²) < 4.78 is 2.82. The van der Waals surface area contributed by atoms with Gasteiger partial charge in [0.15, 0.2) is 5.65 Å². The molecule has 1 unspecified atom stereocenters. The van der Waals surface area contributed by atoms with E-state index in [1.54, 1.807) is 0 Å². The van der Waals surface area contributed by atoms with Crippen LogP contribution in [-0.4, -0.2) is 44.8 Å². The fraction of sp³-hybridized carbons (Fsp3) is 0.400. The number of rotatable bonds is 5. The Morgan fingerprint density at radius 1 is 1.34 bits per heavy atom. The zero-order valence-electron chi connectivity index (χ0n) is 16.1. The zero-order valence-corrected chi connectivity index (χ0v) is 17.7. The van der Waals surface area contributed by atoms with Gasteiger partial charge in [-0.15, -0.1) is 0 Å². The summed E-state index contributed by atoms with van der Waals surface area (Å²) in [6.07, 6.45) is 3.94. The summed E-state index contributed by atoms with van der Waals surface area (Å²) in [5.74, 6) is -0.0384. The second-order valence-corrected chi connectivity index (χ2v) is 8.47. The number of nitrogens with one attached hydrogen (secondary N) is 3. The van der Waals surface area contributed by atoms with Crippen molar-refractivity contribution in [1.82, 2.24) is 25.1 Å². The number of halogens is 1. The molecule has 3 N–H and O–H groups in total. The van der Waals surface area contributed by atoms with Gasteiger partial charge < -0.3 is 16.0 Å². The van der Waals surface area contributed by atoms with Crippen LogP contribution >= 0.6 is 15.9 Å². The van der Waals surface area contributed by atoms with Crippen LogP contribution in [0.5, 0.6) is 0 Å². The first kappa shape index (κ1) is 18.5. The van der Waals surface area contributed by atoms with Crippen molar-refractivity contribution in [3.8, 4) is 0 Å². The van der Waals surface area contributed by atoms with Crippen LogP contribution in [-0.2, 0) is 11.3 Å². The molecule has 2 aromatic heterocycles. The van der Waals surface area contributed by atoms with Crippen LogP contribution in [0.15, 0.2) is 28.9 Å². The van der Waals surface area contributed by atoms with Crippen LogP contribution in [0.3, 0.4) is 0 Å². The molecule has 2 aliphatic rings. The largest absolute Gasteiger partial charge is 0.350 e. The molecule has 0 bridgehead atoms. The molecule has 2 atom stereocenters. The molecule has 3 aromatic rings. The lowest BCUT2D eigenvalue weighted by Crippen LogP contribution is -2.24. The van der Waals surface area contributed by atoms with Crippen LogP contribution in [0.25, 0.3) is 11.0 Å². The molecular formula is C20H22BrN7O. The molecule has 1 fully saturated rings. The van der Waals surface area contributed by atoms with Crippen molar-refractivity contribution >= 4 is 44.5 Å². The summed E-state index contributed by atoms with van der Waals surface area (Å²) in [6, 6.07) is 6.10. The fourth-order valence-corrected chi connectivity index (χ4v) is 4.45. The Labute approximate surface area is 176 Å². The van der Waals surface area contributed by atoms with Crippen LogP contribution in [0, 0.1) is 0 Å². The van der Waals surface area contributed by atoms with Crippen molar-refractivity contribution in [3.63, 3.8) is 0 Å². The molecule has 5 rings (SSSR count). The lowest BCUT2D eigenvalue weighted by Gasteiger charge is -2.14. The highest BCUT2D eigenvalue weighted by atomic mass is 79.9. The summed E-state index contributed by atoms with van der Waals surface area (Å²) in [4.78, 5) is 22.4. The van der Waals surface area contributed by atoms with Gasteiger partial charge in [-0.25, -0.2) is 4.98 Å². The minimum atomic E-state index is -0.491. The third-order valence-electron chi connectivity index (χ3n) is 5.42. The van der Waals surface area contributed by atoms with Gasteiger partial charge in [0.1, 0.15) is 5.92 Å². The lowest BCUT2D eigenvalue weighted by molar-refractivity contribution is -0.116. The highest BCUT2D eigenvalue weighted by Crippen LogP contribution is 2.40. The van der Waals surface area contributed by atoms with E-state index in [9.17, 15) is 4.79 Å². The van der Waals surface area contributed by atoms with Crippen molar-refractivity contribution in [3.05, 3.63) is 40.1 Å². The molecule has 4 heterocycles. The van der Waals surface area contributed by atoms with E-state index >= 15 is 0 Å². The van der Waals surface area contributed by atoms with Gasteiger partial charge in [0.2, 0.25) is 11.9 Å². The monoisotopic (exact) mass is 455 g/mol. The zero-order chi connectivity index (χ0) is 20.0. The molecular weight excluding hydrogens is 434 g/mol. The number of nitrogens with zero attached hydrogens (tertiary/aromatic N) is 4. The average molecular weight is 456 g/mol. The molecule has 1 aromatic carbocycles. The van der Waals surface area contributed by atoms with E-state index in [2.05, 4.69) is 48.9 Å². The number of hydrogen-bond acceptors (Lipinski definition) is 6. The molecule has 150 valence electrons. The number of benzene rings is 1. The first-order chi connectivity index (χ1) is 14.1. The fourth-order valence-electron chi connectivity index (χ4n) is 4.07. The van der Waals surface area contributed by atoms with E-state index in [4.69, 9.17) is 4.98 Å². The van der Waals surface area contributed by atoms with Gasteiger partial charge in [-0.2, -0.15) is 10.1 Å². The van der Waals surface area contributed by atoms with E-state index in [-0.39, 0.29) is 11.9 Å². The smallest absolute Gasteiger partial charge is 0.238 e. The maximum absolute atomic E-state index is 12.9. The van der Waals surface area contributed by atoms with Crippen molar-refractivity contribution < 1.29 is 4.79 Å². The Balaban J connectivity index is 1.65. The van der Waals surface area contributed by atoms with E-state index in [1.807, 2.05) is 29.1 Å². The summed E-state index contributed by atoms with van der Waals surface area (Å²) in [5.41, 5.74) is 3.06. The molecule has 0 spiro atoms. The van der Waals surface area contributed by atoms with Crippen LogP contribution in [0.4, 0.5) is 11.6 Å². The second kappa shape index (κ2) is 7.38. The number of hydrogen-bond donors (Lipinski definition) is 3. The topological polar surface area (TPSA) is 96.8 Å². The normalized spacial score (nSPS) is 20.8. The summed E-state index contributed by atoms with van der Waals surface area (Å²) in [5, 5.41) is 15.2. The first-order valence-corrected chi connectivity index (χ1v) is 10.7. The van der Waals surface area contributed by atoms with Gasteiger partial charge >= 0.3 is 0 Å². The molecule has 8 nitrogen and oxygen atoms in total. The SMILES string of the molecule is CCCn1cc2c(C3C(=O)Nc4ccc(Br)cc43)nc(N[C@H]3CCNC3)nc2n1. The Morgan fingerprint density at radius 2 is 2.24 bits per heavy atom. The third-order valence-corrected chi connectivity index (χ3v) is 5.91. The average Bonchev–Trinajstić information content (AvgIpc) is 3.40. The van der Waals surface area contributed by atoms with E-state index in [0.29, 0.717) is 17.3 Å². The number of aromatic nitrogens is 4. The van der Waals surface area contributed by atoms with Crippen molar-refractivity contribution in [2.24, 2.45) is 0 Å². The van der Waals surface area contributed by atoms with Crippen LogP contribution in [0.1, 0.15) is 36.9 Å². The quantitative estimate of drug-likeness (QED) is 0.547. The van der Waals surface area contributed by atoms with Gasteiger partial charge in [0, 0.05) is 35.5 Å². The Bertz CT molecular complexity index is 1090. The highest BCUT2D eigenvalue weighted by molar-refractivity contribution is 9.10. The number of fused-ring (bicyclic) bond motifs is 2. The van der Waals surface area contributed by atoms with Crippen molar-refractivity contribution in [1.29, 1.82) is 0 Å². The maximum atomic E-state index is 12.9. The summed E-state index contributed by atoms with van der Waals surface area (Å²) in [6.45, 7) is 4.76. The summed E-state index contributed by atoms with van der Waals surface area (Å²) in [7, 11) is 0. The molecule has 0 aliphatic carbocycles. The Morgan fingerprint density at radius 3 is 3.03 bits per heavy atom. The minimum Gasteiger partial charge on any atom is -0.350 e. The Hall–Kier alpha value is -2.52. The molecule has 9 heteroatoms. The highest BCUT2D eigenvalue weighted by Gasteiger charge is 2.35. The number of anilines is 2. The molecule has 1 saturated heterocycles. The standard InChI is InChI=1S/C20H22BrN7O/c1-2-7-28-10-14-17(16-13-8-11(21)3-4-15(13)24-19(16)29)25-20(26-18(14)27-28)23-12-5-6-22-9-12/h3-4,8,10,12,16,22H,2,5-7,9H2,1H3,(H,24,29)(H,23,26,27)/t12-,16?/m0/s1. The molecule has 2 aliphatic heterocycles. The summed E-state index contributed by atoms with van der Waals surface area (Å²) >= 11 is 3.52. The van der Waals surface area contributed by atoms with Gasteiger partial charge in [-0.3, -0.25) is 9.48 Å². The maximum Gasteiger partial charge on any atom is 0.238 e. The molecule has 1 amide bonds. The van der Waals surface area contributed by atoms with Crippen LogP contribution < -0.4 is 16.0 Å². The van der Waals surface area contributed by atoms with Crippen molar-refractivity contribution in [2.45, 2.75) is 38.3 Å². The molecule has 0 radical (unpaired) electrons. The van der Waals surface area contributed by atoms with Crippen LogP contribution in [0.2, 0.25) is 0 Å². The predicted molar refractivity (Wildman–Crippen MR) is 115 cm³/mol. The van der Waals surface area contributed by atoms with Crippen molar-refractivity contribution in [2.75, 3.05) is 23.7 Å². The van der Waals surface area contributed by atoms with Gasteiger partial charge in [0.25, 0.3) is 0 Å². The van der Waals surface area contributed by atoms with Gasteiger partial charge in [-0.05, 0) is 43.1 Å². The second-order valence-electron chi connectivity index (χ2n) is 7.55. The molecule has 0 saturated carbocycles. The number of carbonyl (C=O) groups excluding carboxylic acids is 1. The minimum absolute atomic E-state index is 0.0742. The number of carbonyl (C=O) groups is 1. The van der Waals surface area contributed by atoms with E-state index in [0.717, 1.165) is 53.6 Å². The Kier molecular flexibility index (Phi) is 4.71. The van der Waals surface area contributed by atoms with E-state index in [1.165, 1.54) is 0 Å². The van der Waals surface area contributed by atoms with Gasteiger partial charge in [-0.1, -0.05) is 22.9 Å². The molecule has 29 heavy (non-hydrogen) atoms. The third kappa shape index (κ3) is 3.38. The van der Waals surface area contributed by atoms with Gasteiger partial charge in [0.05, 0.1) is 11.1 Å². The first-order valence-electron chi connectivity index (χ1n) is 9.95.